The van der Waals surface area contributed by atoms with Crippen molar-refractivity contribution in [3.05, 3.63) is 59.7 Å². The van der Waals surface area contributed by atoms with E-state index in [1.54, 1.807) is 0 Å². The van der Waals surface area contributed by atoms with Gasteiger partial charge in [-0.1, -0.05) is 36.4 Å². The Bertz CT molecular complexity index is 745. The van der Waals surface area contributed by atoms with Gasteiger partial charge in [-0.25, -0.2) is 0 Å². The first-order valence-electron chi connectivity index (χ1n) is 7.99. The molecule has 2 heteroatoms. The van der Waals surface area contributed by atoms with Gasteiger partial charge >= 0.3 is 0 Å². The highest BCUT2D eigenvalue weighted by atomic mass is 16.5. The van der Waals surface area contributed by atoms with Crippen molar-refractivity contribution in [1.29, 1.82) is 0 Å². The zero-order valence-corrected chi connectivity index (χ0v) is 13.2. The first-order valence-corrected chi connectivity index (χ1v) is 7.99. The van der Waals surface area contributed by atoms with Crippen molar-refractivity contribution in [3.63, 3.8) is 0 Å². The fraction of sp³-hybridized carbons (Fsp3) is 0.300. The van der Waals surface area contributed by atoms with E-state index in [1.807, 2.05) is 0 Å². The smallest absolute Gasteiger partial charge is 0.134 e. The molecule has 1 aliphatic carbocycles. The largest absolute Gasteiger partial charge is 0.456 e. The average Bonchev–Trinajstić information content (AvgIpc) is 2.69. The van der Waals surface area contributed by atoms with Gasteiger partial charge in [0.2, 0.25) is 0 Å². The summed E-state index contributed by atoms with van der Waals surface area (Å²) in [5.41, 5.74) is 5.47. The molecule has 0 aromatic heterocycles. The molecule has 0 saturated heterocycles. The van der Waals surface area contributed by atoms with Gasteiger partial charge in [-0.15, -0.1) is 0 Å². The van der Waals surface area contributed by atoms with Crippen LogP contribution in [-0.2, 0) is 0 Å². The number of rotatable bonds is 1. The molecule has 4 rings (SSSR count). The van der Waals surface area contributed by atoms with Crippen LogP contribution in [0.3, 0.4) is 0 Å². The monoisotopic (exact) mass is 291 g/mol. The molecule has 22 heavy (non-hydrogen) atoms. The number of ether oxygens (including phenoxy) is 1. The molecule has 2 aromatic carbocycles. The first-order chi connectivity index (χ1) is 10.7. The zero-order valence-electron chi connectivity index (χ0n) is 13.2. The normalized spacial score (nSPS) is 19.9. The topological polar surface area (TPSA) is 12.5 Å². The molecule has 1 aliphatic heterocycles. The number of allylic oxidation sites excluding steroid dienone is 1. The Labute approximate surface area is 132 Å². The molecule has 0 bridgehead atoms. The third-order valence-electron chi connectivity index (χ3n) is 4.91. The fourth-order valence-electron chi connectivity index (χ4n) is 3.66. The predicted molar refractivity (Wildman–Crippen MR) is 91.1 cm³/mol. The van der Waals surface area contributed by atoms with Crippen LogP contribution in [0.1, 0.15) is 30.4 Å². The van der Waals surface area contributed by atoms with Crippen LogP contribution in [0.15, 0.2) is 48.5 Å². The van der Waals surface area contributed by atoms with E-state index in [0.717, 1.165) is 24.3 Å². The van der Waals surface area contributed by atoms with Crippen molar-refractivity contribution in [2.45, 2.75) is 25.3 Å². The number of fused-ring (bicyclic) bond motifs is 4. The fourth-order valence-corrected chi connectivity index (χ4v) is 3.66. The Morgan fingerprint density at radius 2 is 1.45 bits per heavy atom. The minimum Gasteiger partial charge on any atom is -0.456 e. The number of nitrogens with zero attached hydrogens (tertiary/aromatic N) is 1. The summed E-state index contributed by atoms with van der Waals surface area (Å²) >= 11 is 0. The van der Waals surface area contributed by atoms with Crippen molar-refractivity contribution in [1.82, 2.24) is 4.90 Å². The molecule has 0 saturated carbocycles. The molecule has 2 aromatic rings. The first kappa shape index (κ1) is 13.6. The van der Waals surface area contributed by atoms with E-state index in [9.17, 15) is 0 Å². The number of benzene rings is 2. The van der Waals surface area contributed by atoms with Crippen LogP contribution in [0.4, 0.5) is 0 Å². The van der Waals surface area contributed by atoms with Crippen molar-refractivity contribution < 1.29 is 4.74 Å². The maximum absolute atomic E-state index is 6.23. The van der Waals surface area contributed by atoms with Gasteiger partial charge in [-0.2, -0.15) is 0 Å². The van der Waals surface area contributed by atoms with E-state index >= 15 is 0 Å². The molecular formula is C20H21NO. The summed E-state index contributed by atoms with van der Waals surface area (Å²) in [5, 5.41) is 0. The highest BCUT2D eigenvalue weighted by Crippen LogP contribution is 2.48. The Morgan fingerprint density at radius 3 is 2.09 bits per heavy atom. The maximum atomic E-state index is 6.23. The van der Waals surface area contributed by atoms with Crippen LogP contribution < -0.4 is 4.74 Å². The van der Waals surface area contributed by atoms with Gasteiger partial charge in [0.15, 0.2) is 0 Å². The summed E-state index contributed by atoms with van der Waals surface area (Å²) in [6, 6.07) is 17.5. The minimum absolute atomic E-state index is 0.608. The Morgan fingerprint density at radius 1 is 0.864 bits per heavy atom. The maximum Gasteiger partial charge on any atom is 0.134 e. The molecule has 0 fully saturated rings. The molecule has 1 atom stereocenters. The Kier molecular flexibility index (Phi) is 3.27. The summed E-state index contributed by atoms with van der Waals surface area (Å²) in [4.78, 5) is 2.35. The summed E-state index contributed by atoms with van der Waals surface area (Å²) < 4.78 is 6.23. The molecule has 0 amide bonds. The molecular weight excluding hydrogens is 270 g/mol. The summed E-state index contributed by atoms with van der Waals surface area (Å²) in [7, 11) is 4.37. The predicted octanol–water partition coefficient (Wildman–Crippen LogP) is 4.82. The minimum atomic E-state index is 0.608. The lowest BCUT2D eigenvalue weighted by Crippen LogP contribution is -2.30. The van der Waals surface area contributed by atoms with Crippen LogP contribution in [-0.4, -0.2) is 25.0 Å². The third-order valence-corrected chi connectivity index (χ3v) is 4.91. The summed E-state index contributed by atoms with van der Waals surface area (Å²) in [5.74, 6) is 1.97. The van der Waals surface area contributed by atoms with Crippen molar-refractivity contribution >= 4 is 11.1 Å². The molecule has 1 heterocycles. The zero-order chi connectivity index (χ0) is 15.1. The van der Waals surface area contributed by atoms with Crippen molar-refractivity contribution in [2.24, 2.45) is 0 Å². The van der Waals surface area contributed by atoms with Crippen LogP contribution in [0, 0.1) is 0 Å². The van der Waals surface area contributed by atoms with Crippen molar-refractivity contribution in [2.75, 3.05) is 14.1 Å². The molecule has 1 unspecified atom stereocenters. The standard InChI is InChI=1S/C20H21NO/c1-21(2)14-11-12-15-16-7-3-5-9-19(16)22-20-10-6-4-8-17(20)18(15)13-14/h3-10,14H,11-13H2,1-2H3. The van der Waals surface area contributed by atoms with Gasteiger partial charge in [0.25, 0.3) is 0 Å². The second-order valence-electron chi connectivity index (χ2n) is 6.41. The lowest BCUT2D eigenvalue weighted by Gasteiger charge is -2.31. The van der Waals surface area contributed by atoms with E-state index in [0.29, 0.717) is 6.04 Å². The van der Waals surface area contributed by atoms with Crippen LogP contribution in [0.5, 0.6) is 11.5 Å². The summed E-state index contributed by atoms with van der Waals surface area (Å²) in [6.45, 7) is 0. The Hall–Kier alpha value is -2.06. The van der Waals surface area contributed by atoms with Gasteiger partial charge < -0.3 is 9.64 Å². The Balaban J connectivity index is 1.93. The van der Waals surface area contributed by atoms with E-state index in [4.69, 9.17) is 4.74 Å². The molecule has 0 N–H and O–H groups in total. The van der Waals surface area contributed by atoms with E-state index in [2.05, 4.69) is 67.5 Å². The van der Waals surface area contributed by atoms with E-state index in [-0.39, 0.29) is 0 Å². The highest BCUT2D eigenvalue weighted by Gasteiger charge is 2.29. The lowest BCUT2D eigenvalue weighted by molar-refractivity contribution is 0.281. The van der Waals surface area contributed by atoms with E-state index < -0.39 is 0 Å². The third kappa shape index (κ3) is 2.15. The average molecular weight is 291 g/mol. The van der Waals surface area contributed by atoms with Crippen LogP contribution in [0.2, 0.25) is 0 Å². The SMILES string of the molecule is CN(C)C1CCC2=C(C1)c1ccccc1Oc1ccccc12. The second-order valence-corrected chi connectivity index (χ2v) is 6.41. The van der Waals surface area contributed by atoms with Gasteiger partial charge in [-0.05, 0) is 56.6 Å². The number of hydrogen-bond donors (Lipinski definition) is 0. The van der Waals surface area contributed by atoms with Crippen LogP contribution >= 0.6 is 0 Å². The molecule has 112 valence electrons. The number of para-hydroxylation sites is 2. The molecule has 2 nitrogen and oxygen atoms in total. The molecule has 0 spiro atoms. The molecule has 0 radical (unpaired) electrons. The van der Waals surface area contributed by atoms with E-state index in [1.165, 1.54) is 28.7 Å². The molecule has 2 aliphatic rings. The van der Waals surface area contributed by atoms with Gasteiger partial charge in [-0.3, -0.25) is 0 Å². The lowest BCUT2D eigenvalue weighted by atomic mass is 9.81. The van der Waals surface area contributed by atoms with Crippen molar-refractivity contribution in [3.8, 4) is 11.5 Å². The quantitative estimate of drug-likeness (QED) is 0.747. The highest BCUT2D eigenvalue weighted by molar-refractivity contribution is 5.96. The summed E-state index contributed by atoms with van der Waals surface area (Å²) in [6.07, 6.45) is 3.42. The van der Waals surface area contributed by atoms with Crippen LogP contribution in [0.25, 0.3) is 11.1 Å². The van der Waals surface area contributed by atoms with Gasteiger partial charge in [0.1, 0.15) is 11.5 Å². The number of hydrogen-bond acceptors (Lipinski definition) is 2. The second kappa shape index (κ2) is 5.29. The van der Waals surface area contributed by atoms with Gasteiger partial charge in [0, 0.05) is 17.2 Å². The van der Waals surface area contributed by atoms with Gasteiger partial charge in [0.05, 0.1) is 0 Å².